The molecule has 0 radical (unpaired) electrons. The summed E-state index contributed by atoms with van der Waals surface area (Å²) in [6, 6.07) is 9.31. The van der Waals surface area contributed by atoms with Crippen LogP contribution >= 0.6 is 23.2 Å². The van der Waals surface area contributed by atoms with Gasteiger partial charge in [-0.2, -0.15) is 5.26 Å². The van der Waals surface area contributed by atoms with Crippen molar-refractivity contribution in [3.05, 3.63) is 61.6 Å². The highest BCUT2D eigenvalue weighted by atomic mass is 35.5. The van der Waals surface area contributed by atoms with E-state index in [4.69, 9.17) is 32.7 Å². The summed E-state index contributed by atoms with van der Waals surface area (Å²) in [5.41, 5.74) is 0.371. The topological polar surface area (TPSA) is 85.4 Å². The normalized spacial score (nSPS) is 10.9. The zero-order valence-electron chi connectivity index (χ0n) is 13.2. The molecular formula is C17H12Cl2N2O4. The van der Waals surface area contributed by atoms with Crippen LogP contribution in [0.25, 0.3) is 11.6 Å². The molecule has 6 nitrogen and oxygen atoms in total. The molecule has 128 valence electrons. The summed E-state index contributed by atoms with van der Waals surface area (Å²) in [5, 5.41) is 21.7. The lowest BCUT2D eigenvalue weighted by Crippen LogP contribution is -1.99. The zero-order chi connectivity index (χ0) is 18.6. The number of ether oxygens (including phenoxy) is 2. The molecule has 0 heterocycles. The lowest BCUT2D eigenvalue weighted by Gasteiger charge is -2.10. The minimum atomic E-state index is -0.591. The smallest absolute Gasteiger partial charge is 0.281 e. The van der Waals surface area contributed by atoms with Crippen molar-refractivity contribution in [3.8, 4) is 17.6 Å². The fourth-order valence-corrected chi connectivity index (χ4v) is 2.64. The third-order valence-corrected chi connectivity index (χ3v) is 3.93. The number of nitriles is 1. The van der Waals surface area contributed by atoms with E-state index in [0.29, 0.717) is 15.6 Å². The first-order valence-corrected chi connectivity index (χ1v) is 7.64. The van der Waals surface area contributed by atoms with E-state index in [9.17, 15) is 15.4 Å². The van der Waals surface area contributed by atoms with E-state index < -0.39 is 4.92 Å². The third-order valence-electron chi connectivity index (χ3n) is 3.37. The number of halogens is 2. The maximum atomic E-state index is 11.4. The predicted molar refractivity (Wildman–Crippen MR) is 96.1 cm³/mol. The zero-order valence-corrected chi connectivity index (χ0v) is 14.8. The molecule has 25 heavy (non-hydrogen) atoms. The number of hydrogen-bond donors (Lipinski definition) is 0. The Hall–Kier alpha value is -2.75. The number of nitro groups is 1. The first kappa shape index (κ1) is 18.6. The fraction of sp³-hybridized carbons (Fsp3) is 0.118. The van der Waals surface area contributed by atoms with E-state index in [2.05, 4.69) is 0 Å². The second-order valence-corrected chi connectivity index (χ2v) is 5.66. The molecule has 0 aliphatic carbocycles. The van der Waals surface area contributed by atoms with Gasteiger partial charge in [-0.1, -0.05) is 29.3 Å². The Bertz CT molecular complexity index is 904. The predicted octanol–water partition coefficient (Wildman–Crippen LogP) is 4.98. The van der Waals surface area contributed by atoms with Crippen LogP contribution in [0.1, 0.15) is 11.1 Å². The van der Waals surface area contributed by atoms with E-state index in [0.717, 1.165) is 0 Å². The SMILES string of the molecule is COc1cc(/C(C#N)=C/c2ccc(Cl)cc2Cl)c([N+](=O)[O-])cc1OC. The van der Waals surface area contributed by atoms with Gasteiger partial charge in [0.25, 0.3) is 5.69 Å². The van der Waals surface area contributed by atoms with Crippen molar-refractivity contribution in [3.63, 3.8) is 0 Å². The van der Waals surface area contributed by atoms with Crippen LogP contribution < -0.4 is 9.47 Å². The number of rotatable bonds is 5. The summed E-state index contributed by atoms with van der Waals surface area (Å²) in [4.78, 5) is 10.8. The second kappa shape index (κ2) is 7.88. The van der Waals surface area contributed by atoms with Crippen molar-refractivity contribution in [2.75, 3.05) is 14.2 Å². The van der Waals surface area contributed by atoms with Gasteiger partial charge in [-0.25, -0.2) is 0 Å². The quantitative estimate of drug-likeness (QED) is 0.316. The van der Waals surface area contributed by atoms with Gasteiger partial charge < -0.3 is 9.47 Å². The molecule has 0 aromatic heterocycles. The summed E-state index contributed by atoms with van der Waals surface area (Å²) in [6.45, 7) is 0. The van der Waals surface area contributed by atoms with Crippen LogP contribution in [0.5, 0.6) is 11.5 Å². The van der Waals surface area contributed by atoms with Gasteiger partial charge in [0, 0.05) is 10.0 Å². The Kier molecular flexibility index (Phi) is 5.86. The van der Waals surface area contributed by atoms with Crippen molar-refractivity contribution in [2.45, 2.75) is 0 Å². The van der Waals surface area contributed by atoms with Crippen LogP contribution in [-0.2, 0) is 0 Å². The number of hydrogen-bond acceptors (Lipinski definition) is 5. The van der Waals surface area contributed by atoms with Crippen LogP contribution in [0, 0.1) is 21.4 Å². The van der Waals surface area contributed by atoms with Gasteiger partial charge in [0.1, 0.15) is 6.07 Å². The van der Waals surface area contributed by atoms with Gasteiger partial charge in [0.15, 0.2) is 11.5 Å². The van der Waals surface area contributed by atoms with Gasteiger partial charge in [-0.15, -0.1) is 0 Å². The summed E-state index contributed by atoms with van der Waals surface area (Å²) in [6.07, 6.45) is 1.45. The van der Waals surface area contributed by atoms with E-state index in [1.54, 1.807) is 12.1 Å². The highest BCUT2D eigenvalue weighted by Crippen LogP contribution is 2.38. The monoisotopic (exact) mass is 378 g/mol. The van der Waals surface area contributed by atoms with Crippen LogP contribution in [0.4, 0.5) is 5.69 Å². The maximum Gasteiger partial charge on any atom is 0.281 e. The van der Waals surface area contributed by atoms with Crippen LogP contribution in [0.2, 0.25) is 10.0 Å². The minimum absolute atomic E-state index is 0.0527. The van der Waals surface area contributed by atoms with E-state index in [-0.39, 0.29) is 28.3 Å². The standard InChI is InChI=1S/C17H12Cl2N2O4/c1-24-16-7-13(15(21(22)23)8-17(16)25-2)11(9-20)5-10-3-4-12(18)6-14(10)19/h3-8H,1-2H3/b11-5+. The average molecular weight is 379 g/mol. The Morgan fingerprint density at radius 3 is 2.36 bits per heavy atom. The molecule has 0 saturated carbocycles. The molecule has 0 fully saturated rings. The molecule has 0 N–H and O–H groups in total. The molecule has 0 aliphatic rings. The lowest BCUT2D eigenvalue weighted by molar-refractivity contribution is -0.385. The van der Waals surface area contributed by atoms with E-state index in [1.807, 2.05) is 6.07 Å². The molecule has 0 spiro atoms. The molecule has 0 bridgehead atoms. The Balaban J connectivity index is 2.69. The lowest BCUT2D eigenvalue weighted by atomic mass is 10.0. The van der Waals surface area contributed by atoms with Crippen LogP contribution in [-0.4, -0.2) is 19.1 Å². The Labute approximate surface area is 154 Å². The maximum absolute atomic E-state index is 11.4. The first-order valence-electron chi connectivity index (χ1n) is 6.89. The van der Waals surface area contributed by atoms with Gasteiger partial charge in [0.05, 0.1) is 36.3 Å². The first-order chi connectivity index (χ1) is 11.9. The molecule has 0 aliphatic heterocycles. The van der Waals surface area contributed by atoms with Crippen LogP contribution in [0.3, 0.4) is 0 Å². The van der Waals surface area contributed by atoms with Crippen molar-refractivity contribution >= 4 is 40.5 Å². The van der Waals surface area contributed by atoms with Gasteiger partial charge >= 0.3 is 0 Å². The van der Waals surface area contributed by atoms with Crippen LogP contribution in [0.15, 0.2) is 30.3 Å². The summed E-state index contributed by atoms with van der Waals surface area (Å²) >= 11 is 12.0. The highest BCUT2D eigenvalue weighted by Gasteiger charge is 2.22. The Morgan fingerprint density at radius 2 is 1.84 bits per heavy atom. The number of benzene rings is 2. The third kappa shape index (κ3) is 4.02. The van der Waals surface area contributed by atoms with Gasteiger partial charge in [-0.05, 0) is 29.8 Å². The molecule has 0 atom stereocenters. The molecule has 0 saturated heterocycles. The molecule has 2 aromatic rings. The molecule has 2 rings (SSSR count). The van der Waals surface area contributed by atoms with Crippen molar-refractivity contribution in [1.82, 2.24) is 0 Å². The van der Waals surface area contributed by atoms with E-state index in [1.165, 1.54) is 38.5 Å². The molecule has 0 amide bonds. The molecule has 0 unspecified atom stereocenters. The largest absolute Gasteiger partial charge is 0.493 e. The van der Waals surface area contributed by atoms with Crippen molar-refractivity contribution < 1.29 is 14.4 Å². The molecule has 2 aromatic carbocycles. The Morgan fingerprint density at radius 1 is 1.20 bits per heavy atom. The second-order valence-electron chi connectivity index (χ2n) is 4.82. The number of allylic oxidation sites excluding steroid dienone is 1. The van der Waals surface area contributed by atoms with E-state index >= 15 is 0 Å². The summed E-state index contributed by atoms with van der Waals surface area (Å²) in [7, 11) is 2.77. The summed E-state index contributed by atoms with van der Waals surface area (Å²) in [5.74, 6) is 0.464. The number of methoxy groups -OCH3 is 2. The molecular weight excluding hydrogens is 367 g/mol. The minimum Gasteiger partial charge on any atom is -0.493 e. The van der Waals surface area contributed by atoms with Gasteiger partial charge in [0.2, 0.25) is 0 Å². The molecule has 8 heteroatoms. The summed E-state index contributed by atoms with van der Waals surface area (Å²) < 4.78 is 10.2. The highest BCUT2D eigenvalue weighted by molar-refractivity contribution is 6.35. The van der Waals surface area contributed by atoms with Crippen molar-refractivity contribution in [1.29, 1.82) is 5.26 Å². The number of nitro benzene ring substituents is 1. The number of nitrogens with zero attached hydrogens (tertiary/aromatic N) is 2. The fourth-order valence-electron chi connectivity index (χ4n) is 2.18. The average Bonchev–Trinajstić information content (AvgIpc) is 2.59. The van der Waals surface area contributed by atoms with Crippen molar-refractivity contribution in [2.24, 2.45) is 0 Å². The van der Waals surface area contributed by atoms with Gasteiger partial charge in [-0.3, -0.25) is 10.1 Å².